The minimum absolute atomic E-state index is 0.0337. The maximum atomic E-state index is 13.2. The molecule has 1 amide bonds. The first kappa shape index (κ1) is 24.7. The zero-order valence-corrected chi connectivity index (χ0v) is 19.0. The van der Waals surface area contributed by atoms with Crippen molar-refractivity contribution in [3.8, 4) is 0 Å². The van der Waals surface area contributed by atoms with Gasteiger partial charge in [0, 0.05) is 23.5 Å². The highest BCUT2D eigenvalue weighted by atomic mass is 19.4. The van der Waals surface area contributed by atoms with E-state index in [4.69, 9.17) is 4.74 Å². The summed E-state index contributed by atoms with van der Waals surface area (Å²) in [6.07, 6.45) is -0.997. The van der Waals surface area contributed by atoms with Crippen LogP contribution >= 0.6 is 0 Å². The van der Waals surface area contributed by atoms with E-state index in [0.717, 1.165) is 33.6 Å². The Hall–Kier alpha value is -4.40. The van der Waals surface area contributed by atoms with Gasteiger partial charge in [0.15, 0.2) is 6.61 Å². The molecule has 1 heterocycles. The van der Waals surface area contributed by atoms with Crippen molar-refractivity contribution in [3.05, 3.63) is 102 Å². The third kappa shape index (κ3) is 6.18. The number of para-hydroxylation sites is 1. The SMILES string of the molecule is O=C(CCc1c[nH]c2ccccc12)OCC(=O)N(/N=C\c1ccccc1)c1cccc(C(F)(F)F)c1. The van der Waals surface area contributed by atoms with Crippen LogP contribution in [0, 0.1) is 0 Å². The molecule has 0 aliphatic rings. The molecule has 0 aliphatic carbocycles. The lowest BCUT2D eigenvalue weighted by atomic mass is 10.1. The van der Waals surface area contributed by atoms with Gasteiger partial charge in [0.05, 0.1) is 17.5 Å². The Bertz CT molecular complexity index is 1380. The minimum atomic E-state index is -4.59. The fraction of sp³-hybridized carbons (Fsp3) is 0.148. The molecule has 0 aliphatic heterocycles. The Morgan fingerprint density at radius 1 is 0.972 bits per heavy atom. The van der Waals surface area contributed by atoms with Crippen molar-refractivity contribution >= 4 is 34.7 Å². The van der Waals surface area contributed by atoms with Crippen molar-refractivity contribution in [3.63, 3.8) is 0 Å². The van der Waals surface area contributed by atoms with E-state index in [0.29, 0.717) is 12.0 Å². The van der Waals surface area contributed by atoms with Gasteiger partial charge in [0.25, 0.3) is 5.91 Å². The van der Waals surface area contributed by atoms with Crippen molar-refractivity contribution in [1.29, 1.82) is 0 Å². The second kappa shape index (κ2) is 10.9. The molecule has 1 aromatic heterocycles. The number of hydrogen-bond donors (Lipinski definition) is 1. The molecule has 0 radical (unpaired) electrons. The number of alkyl halides is 3. The van der Waals surface area contributed by atoms with Crippen LogP contribution in [0.1, 0.15) is 23.1 Å². The lowest BCUT2D eigenvalue weighted by Gasteiger charge is -2.18. The molecule has 1 N–H and O–H groups in total. The van der Waals surface area contributed by atoms with E-state index in [1.807, 2.05) is 30.5 Å². The van der Waals surface area contributed by atoms with Crippen LogP contribution in [0.2, 0.25) is 0 Å². The van der Waals surface area contributed by atoms with Crippen LogP contribution in [0.15, 0.2) is 90.2 Å². The van der Waals surface area contributed by atoms with Crippen LogP contribution in [-0.2, 0) is 26.9 Å². The molecule has 6 nitrogen and oxygen atoms in total. The number of hydrogen-bond acceptors (Lipinski definition) is 4. The number of H-pyrrole nitrogens is 1. The minimum Gasteiger partial charge on any atom is -0.455 e. The average Bonchev–Trinajstić information content (AvgIpc) is 3.30. The summed E-state index contributed by atoms with van der Waals surface area (Å²) in [4.78, 5) is 28.3. The standard InChI is InChI=1S/C27H22F3N3O3/c28-27(29,30)21-9-6-10-22(15-21)33(32-16-19-7-2-1-3-8-19)25(34)18-36-26(35)14-13-20-17-31-24-12-5-4-11-23(20)24/h1-12,15-17,31H,13-14,18H2/b32-16-. The van der Waals surface area contributed by atoms with Crippen molar-refractivity contribution in [2.24, 2.45) is 5.10 Å². The van der Waals surface area contributed by atoms with Crippen molar-refractivity contribution in [1.82, 2.24) is 4.98 Å². The van der Waals surface area contributed by atoms with Crippen LogP contribution in [0.25, 0.3) is 10.9 Å². The average molecular weight is 493 g/mol. The number of anilines is 1. The summed E-state index contributed by atoms with van der Waals surface area (Å²) in [5.74, 6) is -1.40. The highest BCUT2D eigenvalue weighted by Gasteiger charge is 2.31. The van der Waals surface area contributed by atoms with Crippen LogP contribution in [-0.4, -0.2) is 29.7 Å². The molecule has 0 bridgehead atoms. The summed E-state index contributed by atoms with van der Waals surface area (Å²) in [7, 11) is 0. The van der Waals surface area contributed by atoms with Crippen LogP contribution < -0.4 is 5.01 Å². The zero-order chi connectivity index (χ0) is 25.5. The summed E-state index contributed by atoms with van der Waals surface area (Å²) >= 11 is 0. The van der Waals surface area contributed by atoms with E-state index in [-0.39, 0.29) is 12.1 Å². The fourth-order valence-electron chi connectivity index (χ4n) is 3.60. The number of benzene rings is 3. The number of fused-ring (bicyclic) bond motifs is 1. The number of rotatable bonds is 8. The topological polar surface area (TPSA) is 74.8 Å². The Balaban J connectivity index is 1.45. The van der Waals surface area contributed by atoms with E-state index in [1.165, 1.54) is 18.3 Å². The molecular weight excluding hydrogens is 471 g/mol. The van der Waals surface area contributed by atoms with Gasteiger partial charge in [-0.15, -0.1) is 0 Å². The van der Waals surface area contributed by atoms with Crippen molar-refractivity contribution < 1.29 is 27.5 Å². The summed E-state index contributed by atoms with van der Waals surface area (Å²) < 4.78 is 44.8. The summed E-state index contributed by atoms with van der Waals surface area (Å²) in [6.45, 7) is -0.672. The first-order valence-corrected chi connectivity index (χ1v) is 11.1. The van der Waals surface area contributed by atoms with Gasteiger partial charge in [0.1, 0.15) is 0 Å². The molecule has 184 valence electrons. The molecular formula is C27H22F3N3O3. The molecule has 0 unspecified atom stereocenters. The molecule has 4 aromatic rings. The van der Waals surface area contributed by atoms with Gasteiger partial charge >= 0.3 is 12.1 Å². The van der Waals surface area contributed by atoms with Gasteiger partial charge in [-0.05, 0) is 41.8 Å². The molecule has 9 heteroatoms. The Labute approximate surface area is 205 Å². The number of ether oxygens (including phenoxy) is 1. The van der Waals surface area contributed by atoms with E-state index in [1.54, 1.807) is 30.3 Å². The molecule has 0 atom stereocenters. The number of carbonyl (C=O) groups is 2. The monoisotopic (exact) mass is 493 g/mol. The molecule has 4 rings (SSSR count). The summed E-state index contributed by atoms with van der Waals surface area (Å²) in [5, 5.41) is 5.88. The first-order valence-electron chi connectivity index (χ1n) is 11.1. The number of aromatic amines is 1. The van der Waals surface area contributed by atoms with Crippen molar-refractivity contribution in [2.45, 2.75) is 19.0 Å². The lowest BCUT2D eigenvalue weighted by molar-refractivity contribution is -0.147. The predicted molar refractivity (Wildman–Crippen MR) is 131 cm³/mol. The first-order chi connectivity index (χ1) is 17.3. The highest BCUT2D eigenvalue weighted by molar-refractivity contribution is 5.96. The van der Waals surface area contributed by atoms with Gasteiger partial charge in [-0.2, -0.15) is 23.3 Å². The Morgan fingerprint density at radius 3 is 2.50 bits per heavy atom. The van der Waals surface area contributed by atoms with Gasteiger partial charge in [-0.25, -0.2) is 0 Å². The van der Waals surface area contributed by atoms with Gasteiger partial charge in [0.2, 0.25) is 0 Å². The largest absolute Gasteiger partial charge is 0.455 e. The number of halogens is 3. The third-order valence-corrected chi connectivity index (χ3v) is 5.41. The normalized spacial score (nSPS) is 11.6. The van der Waals surface area contributed by atoms with Crippen LogP contribution in [0.4, 0.5) is 18.9 Å². The fourth-order valence-corrected chi connectivity index (χ4v) is 3.60. The second-order valence-corrected chi connectivity index (χ2v) is 7.93. The van der Waals surface area contributed by atoms with Crippen LogP contribution in [0.3, 0.4) is 0 Å². The van der Waals surface area contributed by atoms with E-state index in [9.17, 15) is 22.8 Å². The van der Waals surface area contributed by atoms with E-state index in [2.05, 4.69) is 10.1 Å². The van der Waals surface area contributed by atoms with Gasteiger partial charge < -0.3 is 9.72 Å². The summed E-state index contributed by atoms with van der Waals surface area (Å²) in [6, 6.07) is 20.7. The van der Waals surface area contributed by atoms with E-state index < -0.39 is 30.2 Å². The number of carbonyl (C=O) groups excluding carboxylic acids is 2. The Morgan fingerprint density at radius 2 is 1.72 bits per heavy atom. The second-order valence-electron chi connectivity index (χ2n) is 7.93. The lowest BCUT2D eigenvalue weighted by Crippen LogP contribution is -2.31. The quantitative estimate of drug-likeness (QED) is 0.194. The van der Waals surface area contributed by atoms with Crippen molar-refractivity contribution in [2.75, 3.05) is 11.6 Å². The number of nitrogens with one attached hydrogen (secondary N) is 1. The molecule has 0 saturated heterocycles. The van der Waals surface area contributed by atoms with Gasteiger partial charge in [-0.3, -0.25) is 9.59 Å². The highest BCUT2D eigenvalue weighted by Crippen LogP contribution is 2.32. The Kier molecular flexibility index (Phi) is 7.48. The predicted octanol–water partition coefficient (Wildman–Crippen LogP) is 5.73. The third-order valence-electron chi connectivity index (χ3n) is 5.41. The zero-order valence-electron chi connectivity index (χ0n) is 19.0. The van der Waals surface area contributed by atoms with Gasteiger partial charge in [-0.1, -0.05) is 54.6 Å². The number of amides is 1. The van der Waals surface area contributed by atoms with Crippen LogP contribution in [0.5, 0.6) is 0 Å². The molecule has 0 fully saturated rings. The summed E-state index contributed by atoms with van der Waals surface area (Å²) in [5.41, 5.74) is 1.49. The molecule has 0 saturated carbocycles. The molecule has 3 aromatic carbocycles. The number of esters is 1. The molecule has 0 spiro atoms. The maximum Gasteiger partial charge on any atom is 0.416 e. The number of aryl methyl sites for hydroxylation is 1. The smallest absolute Gasteiger partial charge is 0.416 e. The number of nitrogens with zero attached hydrogens (tertiary/aromatic N) is 2. The number of hydrazone groups is 1. The number of aromatic nitrogens is 1. The maximum absolute atomic E-state index is 13.2. The van der Waals surface area contributed by atoms with E-state index >= 15 is 0 Å². The molecule has 36 heavy (non-hydrogen) atoms.